The van der Waals surface area contributed by atoms with Crippen molar-refractivity contribution in [2.75, 3.05) is 11.9 Å². The fourth-order valence-electron chi connectivity index (χ4n) is 2.75. The van der Waals surface area contributed by atoms with Gasteiger partial charge in [0, 0.05) is 18.9 Å². The number of nitrogens with zero attached hydrogens (tertiary/aromatic N) is 3. The highest BCUT2D eigenvalue weighted by Gasteiger charge is 2.12. The molecule has 1 aliphatic carbocycles. The van der Waals surface area contributed by atoms with Gasteiger partial charge in [-0.1, -0.05) is 18.2 Å². The van der Waals surface area contributed by atoms with Gasteiger partial charge in [-0.25, -0.2) is 9.78 Å². The molecule has 0 radical (unpaired) electrons. The monoisotopic (exact) mass is 317 g/mol. The molecule has 6 heteroatoms. The van der Waals surface area contributed by atoms with E-state index in [9.17, 15) is 4.79 Å². The molecule has 0 bridgehead atoms. The molecule has 0 aromatic carbocycles. The molecule has 2 N–H and O–H groups in total. The number of aromatic nitrogens is 4. The highest BCUT2D eigenvalue weighted by molar-refractivity contribution is 5.86. The van der Waals surface area contributed by atoms with Gasteiger partial charge in [-0.3, -0.25) is 9.97 Å². The first-order chi connectivity index (χ1) is 11.8. The van der Waals surface area contributed by atoms with E-state index in [0.29, 0.717) is 18.0 Å². The molecule has 0 unspecified atom stereocenters. The molecule has 4 rings (SSSR count). The van der Waals surface area contributed by atoms with Crippen LogP contribution >= 0.6 is 0 Å². The molecule has 118 valence electrons. The van der Waals surface area contributed by atoms with Crippen molar-refractivity contribution in [2.45, 2.75) is 6.42 Å². The van der Waals surface area contributed by atoms with Crippen LogP contribution in [0.2, 0.25) is 0 Å². The molecule has 1 aliphatic rings. The SMILES string of the molecule is O=c1nc(NCC2=CC=C(c3ccccn3)C2)c2cccnc2[nH]1. The van der Waals surface area contributed by atoms with Gasteiger partial charge in [0.25, 0.3) is 0 Å². The topological polar surface area (TPSA) is 83.6 Å². The summed E-state index contributed by atoms with van der Waals surface area (Å²) in [6.07, 6.45) is 8.45. The summed E-state index contributed by atoms with van der Waals surface area (Å²) in [5.74, 6) is 0.550. The van der Waals surface area contributed by atoms with E-state index in [-0.39, 0.29) is 0 Å². The van der Waals surface area contributed by atoms with Crippen molar-refractivity contribution in [3.05, 3.63) is 76.6 Å². The van der Waals surface area contributed by atoms with Gasteiger partial charge in [-0.2, -0.15) is 4.98 Å². The van der Waals surface area contributed by atoms with Gasteiger partial charge in [0.05, 0.1) is 11.1 Å². The first kappa shape index (κ1) is 14.3. The average molecular weight is 317 g/mol. The van der Waals surface area contributed by atoms with Crippen LogP contribution < -0.4 is 11.0 Å². The van der Waals surface area contributed by atoms with E-state index < -0.39 is 5.69 Å². The smallest absolute Gasteiger partial charge is 0.348 e. The van der Waals surface area contributed by atoms with Gasteiger partial charge < -0.3 is 5.32 Å². The fraction of sp³-hybridized carbons (Fsp3) is 0.111. The van der Waals surface area contributed by atoms with Gasteiger partial charge in [-0.05, 0) is 41.8 Å². The summed E-state index contributed by atoms with van der Waals surface area (Å²) in [5, 5.41) is 4.05. The lowest BCUT2D eigenvalue weighted by Crippen LogP contribution is -2.16. The molecule has 0 atom stereocenters. The van der Waals surface area contributed by atoms with Crippen LogP contribution in [0.5, 0.6) is 0 Å². The van der Waals surface area contributed by atoms with Crippen LogP contribution in [-0.4, -0.2) is 26.5 Å². The van der Waals surface area contributed by atoms with Gasteiger partial charge in [-0.15, -0.1) is 0 Å². The summed E-state index contributed by atoms with van der Waals surface area (Å²) in [7, 11) is 0. The quantitative estimate of drug-likeness (QED) is 0.772. The van der Waals surface area contributed by atoms with E-state index in [1.165, 1.54) is 11.1 Å². The Hall–Kier alpha value is -3.28. The summed E-state index contributed by atoms with van der Waals surface area (Å²) in [5.41, 5.74) is 3.53. The summed E-state index contributed by atoms with van der Waals surface area (Å²) >= 11 is 0. The lowest BCUT2D eigenvalue weighted by molar-refractivity contribution is 1.06. The molecule has 0 fully saturated rings. The Morgan fingerprint density at radius 2 is 2.00 bits per heavy atom. The standard InChI is InChI=1S/C18H15N5O/c24-18-22-16-14(4-3-9-20-16)17(23-18)21-11-12-6-7-13(10-12)15-5-1-2-8-19-15/h1-9H,10-11H2,(H2,20,21,22,23,24). The third-order valence-electron chi connectivity index (χ3n) is 3.92. The van der Waals surface area contributed by atoms with Crippen molar-refractivity contribution >= 4 is 22.4 Å². The number of hydrogen-bond donors (Lipinski definition) is 2. The largest absolute Gasteiger partial charge is 0.366 e. The molecule has 3 aromatic rings. The van der Waals surface area contributed by atoms with Gasteiger partial charge in [0.1, 0.15) is 11.5 Å². The number of aromatic amines is 1. The molecule has 0 spiro atoms. The zero-order valence-electron chi connectivity index (χ0n) is 12.9. The first-order valence-electron chi connectivity index (χ1n) is 7.68. The Balaban J connectivity index is 1.49. The predicted octanol–water partition coefficient (Wildman–Crippen LogP) is 2.54. The van der Waals surface area contributed by atoms with Crippen molar-refractivity contribution < 1.29 is 0 Å². The summed E-state index contributed by atoms with van der Waals surface area (Å²) in [4.78, 5) is 26.9. The van der Waals surface area contributed by atoms with Gasteiger partial charge in [0.15, 0.2) is 0 Å². The number of allylic oxidation sites excluding steroid dienone is 3. The van der Waals surface area contributed by atoms with Crippen molar-refractivity contribution in [1.82, 2.24) is 19.9 Å². The lowest BCUT2D eigenvalue weighted by Gasteiger charge is -2.09. The van der Waals surface area contributed by atoms with Crippen molar-refractivity contribution in [3.63, 3.8) is 0 Å². The first-order valence-corrected chi connectivity index (χ1v) is 7.68. The van der Waals surface area contributed by atoms with E-state index >= 15 is 0 Å². The number of H-pyrrole nitrogens is 1. The fourth-order valence-corrected chi connectivity index (χ4v) is 2.75. The third kappa shape index (κ3) is 2.81. The van der Waals surface area contributed by atoms with Crippen LogP contribution in [-0.2, 0) is 0 Å². The van der Waals surface area contributed by atoms with Crippen molar-refractivity contribution in [3.8, 4) is 0 Å². The van der Waals surface area contributed by atoms with E-state index in [0.717, 1.165) is 17.5 Å². The minimum Gasteiger partial charge on any atom is -0.366 e. The second-order valence-corrected chi connectivity index (χ2v) is 5.55. The third-order valence-corrected chi connectivity index (χ3v) is 3.92. The van der Waals surface area contributed by atoms with Crippen LogP contribution in [0.15, 0.2) is 65.2 Å². The van der Waals surface area contributed by atoms with Crippen molar-refractivity contribution in [2.24, 2.45) is 0 Å². The average Bonchev–Trinajstić information content (AvgIpc) is 3.09. The maximum Gasteiger partial charge on any atom is 0.348 e. The number of fused-ring (bicyclic) bond motifs is 1. The molecule has 0 saturated heterocycles. The Kier molecular flexibility index (Phi) is 3.63. The zero-order valence-corrected chi connectivity index (χ0v) is 12.9. The number of rotatable bonds is 4. The lowest BCUT2D eigenvalue weighted by atomic mass is 10.1. The maximum absolute atomic E-state index is 11.7. The minimum absolute atomic E-state index is 0.406. The molecule has 0 amide bonds. The molecule has 24 heavy (non-hydrogen) atoms. The van der Waals surface area contributed by atoms with E-state index in [1.807, 2.05) is 30.3 Å². The Bertz CT molecular complexity index is 1000. The zero-order chi connectivity index (χ0) is 16.4. The highest BCUT2D eigenvalue weighted by Crippen LogP contribution is 2.27. The van der Waals surface area contributed by atoms with Crippen LogP contribution in [0.25, 0.3) is 16.6 Å². The minimum atomic E-state index is -0.406. The molecule has 3 aromatic heterocycles. The second kappa shape index (κ2) is 6.08. The number of pyridine rings is 2. The summed E-state index contributed by atoms with van der Waals surface area (Å²) in [6.45, 7) is 0.618. The molecular weight excluding hydrogens is 302 g/mol. The van der Waals surface area contributed by atoms with Crippen LogP contribution in [0.4, 0.5) is 5.82 Å². The van der Waals surface area contributed by atoms with Gasteiger partial charge in [0.2, 0.25) is 0 Å². The van der Waals surface area contributed by atoms with E-state index in [1.54, 1.807) is 12.4 Å². The van der Waals surface area contributed by atoms with Gasteiger partial charge >= 0.3 is 5.69 Å². The summed E-state index contributed by atoms with van der Waals surface area (Å²) < 4.78 is 0. The molecule has 0 saturated carbocycles. The van der Waals surface area contributed by atoms with Crippen LogP contribution in [0.1, 0.15) is 12.1 Å². The Morgan fingerprint density at radius 1 is 1.08 bits per heavy atom. The Labute approximate surface area is 138 Å². The van der Waals surface area contributed by atoms with Crippen LogP contribution in [0, 0.1) is 0 Å². The second-order valence-electron chi connectivity index (χ2n) is 5.55. The van der Waals surface area contributed by atoms with Crippen LogP contribution in [0.3, 0.4) is 0 Å². The highest BCUT2D eigenvalue weighted by atomic mass is 16.1. The molecular formula is C18H15N5O. The van der Waals surface area contributed by atoms with E-state index in [4.69, 9.17) is 0 Å². The predicted molar refractivity (Wildman–Crippen MR) is 93.6 cm³/mol. The molecule has 6 nitrogen and oxygen atoms in total. The Morgan fingerprint density at radius 3 is 2.88 bits per heavy atom. The van der Waals surface area contributed by atoms with E-state index in [2.05, 4.69) is 37.4 Å². The number of nitrogens with one attached hydrogen (secondary N) is 2. The number of hydrogen-bond acceptors (Lipinski definition) is 5. The number of anilines is 1. The van der Waals surface area contributed by atoms with Crippen molar-refractivity contribution in [1.29, 1.82) is 0 Å². The molecule has 0 aliphatic heterocycles. The summed E-state index contributed by atoms with van der Waals surface area (Å²) in [6, 6.07) is 9.61. The maximum atomic E-state index is 11.7. The normalized spacial score (nSPS) is 13.7. The molecule has 3 heterocycles.